The molecule has 19 nitrogen and oxygen atoms in total. The summed E-state index contributed by atoms with van der Waals surface area (Å²) < 4.78 is 39.9. The maximum atomic E-state index is 17.1. The van der Waals surface area contributed by atoms with Gasteiger partial charge in [-0.2, -0.15) is 4.98 Å². The van der Waals surface area contributed by atoms with Gasteiger partial charge in [-0.15, -0.1) is 11.3 Å². The van der Waals surface area contributed by atoms with Gasteiger partial charge in [0.25, 0.3) is 0 Å². The summed E-state index contributed by atoms with van der Waals surface area (Å²) in [5, 5.41) is 32.3. The standard InChI is InChI=1S/C62H69ClFN9O10S/c1-7-52(77)71-20-22-72(23-21-71)58-48-33-49(63)53(47-31-43(74)30-41-10-8-9-11-46(41)47)54(64)55(48)69-61(70-58)67-42-16-18-45(19-17-42)83-29-28-81-25-24-80-26-27-82-35-51(76)68-57(62(4,5)6)60(79)73-34-44(75)32-50(73)59(78)66-37(2)39-12-14-40(15-13-39)56-38(3)65-36-84-56/h7-19,30-31,33,36-37,44,50,57,74-75H,1,20-29,32,34-35H2,2-6H3,(H,66,78)(H,68,76)(H,67,69,70)/t37-,44+,50-,57+/m0/s1. The molecule has 2 aliphatic heterocycles. The SMILES string of the molecule is C=CC(=O)N1CCN(c2nc(Nc3ccc(OCCOCCOCCOCC(=O)N[C@H](C(=O)N4C[C@H](O)C[C@H]4C(=O)N[C@@H](C)c4ccc(-c5scnc5C)cc4)C(C)(C)C)cc3)nc3c(F)c(-c4cc(O)cc5ccccc45)c(Cl)cc23)CC1. The molecule has 5 N–H and O–H groups in total. The second kappa shape index (κ2) is 27.3. The number of halogens is 2. The van der Waals surface area contributed by atoms with Gasteiger partial charge < -0.3 is 59.8 Å². The number of hydrogen-bond acceptors (Lipinski definition) is 16. The van der Waals surface area contributed by atoms with Gasteiger partial charge in [0.2, 0.25) is 29.6 Å². The third-order valence-electron chi connectivity index (χ3n) is 14.7. The van der Waals surface area contributed by atoms with Gasteiger partial charge in [-0.1, -0.05) is 87.5 Å². The van der Waals surface area contributed by atoms with Gasteiger partial charge in [-0.3, -0.25) is 19.2 Å². The summed E-state index contributed by atoms with van der Waals surface area (Å²) in [4.78, 5) is 73.3. The van der Waals surface area contributed by atoms with E-state index in [0.717, 1.165) is 21.7 Å². The molecule has 2 saturated heterocycles. The van der Waals surface area contributed by atoms with Crippen LogP contribution in [0.25, 0.3) is 43.2 Å². The molecule has 0 saturated carbocycles. The predicted octanol–water partition coefficient (Wildman–Crippen LogP) is 8.76. The Bertz CT molecular complexity index is 3500. The molecule has 0 radical (unpaired) electrons. The van der Waals surface area contributed by atoms with Gasteiger partial charge in [0.05, 0.1) is 66.3 Å². The maximum absolute atomic E-state index is 17.1. The Morgan fingerprint density at radius 2 is 1.57 bits per heavy atom. The molecule has 0 spiro atoms. The molecule has 5 aromatic carbocycles. The summed E-state index contributed by atoms with van der Waals surface area (Å²) in [5.74, 6) is -1.14. The van der Waals surface area contributed by atoms with Crippen molar-refractivity contribution in [3.05, 3.63) is 131 Å². The first-order valence-corrected chi connectivity index (χ1v) is 29.0. The Morgan fingerprint density at radius 3 is 2.25 bits per heavy atom. The average molecular weight is 1190 g/mol. The molecule has 4 amide bonds. The van der Waals surface area contributed by atoms with Crippen LogP contribution in [0.5, 0.6) is 11.5 Å². The molecule has 4 atom stereocenters. The van der Waals surface area contributed by atoms with Crippen molar-refractivity contribution in [1.82, 2.24) is 35.4 Å². The number of aromatic hydroxyl groups is 1. The molecule has 4 heterocycles. The number of thiazole rings is 1. The number of fused-ring (bicyclic) bond motifs is 2. The lowest BCUT2D eigenvalue weighted by Crippen LogP contribution is -2.58. The molecular formula is C62H69ClFN9O10S. The van der Waals surface area contributed by atoms with Crippen molar-refractivity contribution in [3.63, 3.8) is 0 Å². The third-order valence-corrected chi connectivity index (χ3v) is 16.0. The fourth-order valence-electron chi connectivity index (χ4n) is 10.3. The minimum Gasteiger partial charge on any atom is -0.508 e. The Kier molecular flexibility index (Phi) is 19.7. The molecule has 0 unspecified atom stereocenters. The lowest BCUT2D eigenvalue weighted by Gasteiger charge is -2.35. The number of ether oxygens (including phenoxy) is 4. The number of carbonyl (C=O) groups excluding carboxylic acids is 4. The molecule has 442 valence electrons. The summed E-state index contributed by atoms with van der Waals surface area (Å²) in [6.07, 6.45) is 0.448. The highest BCUT2D eigenvalue weighted by atomic mass is 35.5. The number of benzene rings is 5. The van der Waals surface area contributed by atoms with E-state index >= 15 is 4.39 Å². The minimum atomic E-state index is -1.00. The molecule has 22 heteroatoms. The van der Waals surface area contributed by atoms with Crippen LogP contribution in [0.3, 0.4) is 0 Å². The summed E-state index contributed by atoms with van der Waals surface area (Å²) in [6.45, 7) is 15.5. The first-order valence-electron chi connectivity index (χ1n) is 27.8. The van der Waals surface area contributed by atoms with Gasteiger partial charge in [0.1, 0.15) is 48.1 Å². The number of aliphatic hydroxyl groups excluding tert-OH is 1. The number of anilines is 3. The van der Waals surface area contributed by atoms with Crippen LogP contribution in [0, 0.1) is 18.2 Å². The minimum absolute atomic E-state index is 0.0196. The van der Waals surface area contributed by atoms with Crippen molar-refractivity contribution >= 4 is 85.7 Å². The van der Waals surface area contributed by atoms with Crippen LogP contribution < -0.4 is 25.6 Å². The molecule has 2 fully saturated rings. The van der Waals surface area contributed by atoms with Crippen molar-refractivity contribution < 1.29 is 52.7 Å². The number of aliphatic hydroxyl groups is 1. The van der Waals surface area contributed by atoms with E-state index in [1.165, 1.54) is 17.0 Å². The van der Waals surface area contributed by atoms with E-state index in [9.17, 15) is 29.4 Å². The van der Waals surface area contributed by atoms with Crippen LogP contribution in [0.4, 0.5) is 21.8 Å². The normalized spacial score (nSPS) is 16.2. The first-order chi connectivity index (χ1) is 40.4. The van der Waals surface area contributed by atoms with Crippen LogP contribution >= 0.6 is 22.9 Å². The monoisotopic (exact) mass is 1190 g/mol. The number of phenols is 1. The van der Waals surface area contributed by atoms with Crippen molar-refractivity contribution in [3.8, 4) is 33.1 Å². The quantitative estimate of drug-likeness (QED) is 0.0298. The van der Waals surface area contributed by atoms with Gasteiger partial charge in [-0.25, -0.2) is 14.4 Å². The molecular weight excluding hydrogens is 1120 g/mol. The molecule has 2 aliphatic rings. The number of hydrogen-bond donors (Lipinski definition) is 5. The highest BCUT2D eigenvalue weighted by Gasteiger charge is 2.45. The number of amides is 4. The number of β-amino-alcohol motifs (C(OH)–C–C–N with tert-alkyl or cyclic N) is 1. The highest BCUT2D eigenvalue weighted by molar-refractivity contribution is 7.13. The fourth-order valence-corrected chi connectivity index (χ4v) is 11.4. The van der Waals surface area contributed by atoms with Crippen LogP contribution in [0.2, 0.25) is 5.02 Å². The number of rotatable bonds is 23. The smallest absolute Gasteiger partial charge is 0.246 e. The Morgan fingerprint density at radius 1 is 0.881 bits per heavy atom. The zero-order chi connectivity index (χ0) is 59.7. The highest BCUT2D eigenvalue weighted by Crippen LogP contribution is 2.43. The molecule has 9 rings (SSSR count). The molecule has 0 bridgehead atoms. The number of nitrogens with zero attached hydrogens (tertiary/aromatic N) is 6. The third kappa shape index (κ3) is 14.6. The molecule has 7 aromatic rings. The van der Waals surface area contributed by atoms with Crippen LogP contribution in [0.1, 0.15) is 51.4 Å². The summed E-state index contributed by atoms with van der Waals surface area (Å²) in [5.41, 5.74) is 5.06. The molecule has 0 aliphatic carbocycles. The van der Waals surface area contributed by atoms with Crippen LogP contribution in [-0.4, -0.2) is 156 Å². The maximum Gasteiger partial charge on any atom is 0.246 e. The number of phenolic OH excluding ortho intramolecular Hbond substituents is 1. The first kappa shape index (κ1) is 60.8. The van der Waals surface area contributed by atoms with Crippen molar-refractivity contribution in [1.29, 1.82) is 0 Å². The molecule has 2 aromatic heterocycles. The van der Waals surface area contributed by atoms with E-state index in [1.807, 2.05) is 88.0 Å². The second-order valence-corrected chi connectivity index (χ2v) is 23.0. The zero-order valence-electron chi connectivity index (χ0n) is 47.5. The Hall–Kier alpha value is -7.79. The summed E-state index contributed by atoms with van der Waals surface area (Å²) in [7, 11) is 0. The topological polar surface area (TPSA) is 230 Å². The lowest BCUT2D eigenvalue weighted by molar-refractivity contribution is -0.144. The van der Waals surface area contributed by atoms with Crippen molar-refractivity contribution in [2.24, 2.45) is 5.41 Å². The predicted molar refractivity (Wildman–Crippen MR) is 322 cm³/mol. The Balaban J connectivity index is 0.708. The van der Waals surface area contributed by atoms with Crippen LogP contribution in [-0.2, 0) is 33.4 Å². The van der Waals surface area contributed by atoms with Crippen molar-refractivity contribution in [2.45, 2.75) is 65.3 Å². The number of nitrogens with one attached hydrogen (secondary N) is 3. The van der Waals surface area contributed by atoms with Crippen LogP contribution in [0.15, 0.2) is 109 Å². The van der Waals surface area contributed by atoms with Gasteiger partial charge >= 0.3 is 0 Å². The summed E-state index contributed by atoms with van der Waals surface area (Å²) >= 11 is 8.47. The van der Waals surface area contributed by atoms with E-state index in [-0.39, 0.29) is 99.0 Å². The molecule has 84 heavy (non-hydrogen) atoms. The number of piperazine rings is 1. The number of aromatic nitrogens is 3. The van der Waals surface area contributed by atoms with Gasteiger partial charge in [-0.05, 0) is 95.3 Å². The average Bonchev–Trinajstić information content (AvgIpc) is 1.73. The van der Waals surface area contributed by atoms with E-state index in [2.05, 4.69) is 32.5 Å². The fraction of sp³-hybridized carbons (Fsp3) is 0.371. The van der Waals surface area contributed by atoms with Gasteiger partial charge in [0.15, 0.2) is 5.82 Å². The second-order valence-electron chi connectivity index (χ2n) is 21.7. The number of carbonyl (C=O) groups is 4. The largest absolute Gasteiger partial charge is 0.508 e. The lowest BCUT2D eigenvalue weighted by atomic mass is 9.85. The zero-order valence-corrected chi connectivity index (χ0v) is 49.1. The van der Waals surface area contributed by atoms with Crippen molar-refractivity contribution in [2.75, 3.05) is 89.2 Å². The van der Waals surface area contributed by atoms with E-state index in [1.54, 1.807) is 58.1 Å². The number of likely N-dealkylation sites (tertiary alicyclic amines) is 1. The van der Waals surface area contributed by atoms with Gasteiger partial charge in [0, 0.05) is 55.8 Å². The van der Waals surface area contributed by atoms with E-state index in [4.69, 9.17) is 35.5 Å². The Labute approximate surface area is 495 Å². The number of aryl methyl sites for hydroxylation is 1. The van der Waals surface area contributed by atoms with E-state index < -0.39 is 47.1 Å². The summed E-state index contributed by atoms with van der Waals surface area (Å²) in [6, 6.07) is 24.7. The van der Waals surface area contributed by atoms with E-state index in [0.29, 0.717) is 65.2 Å².